The van der Waals surface area contributed by atoms with Gasteiger partial charge in [-0.05, 0) is 48.1 Å². The second-order valence-corrected chi connectivity index (χ2v) is 7.45. The van der Waals surface area contributed by atoms with Crippen LogP contribution in [0.15, 0.2) is 48.5 Å². The van der Waals surface area contributed by atoms with Crippen LogP contribution in [0, 0.1) is 5.82 Å². The fraction of sp³-hybridized carbons (Fsp3) is 0.409. The zero-order valence-corrected chi connectivity index (χ0v) is 15.7. The number of carbonyl (C=O) groups excluding carboxylic acids is 1. The molecule has 1 amide bonds. The van der Waals surface area contributed by atoms with Crippen molar-refractivity contribution in [1.82, 2.24) is 10.2 Å². The first kappa shape index (κ1) is 18.9. The van der Waals surface area contributed by atoms with E-state index in [0.717, 1.165) is 30.4 Å². The fourth-order valence-corrected chi connectivity index (χ4v) is 4.08. The lowest BCUT2D eigenvalue weighted by Crippen LogP contribution is -2.49. The van der Waals surface area contributed by atoms with Crippen LogP contribution in [0.4, 0.5) is 9.18 Å². The van der Waals surface area contributed by atoms with Crippen LogP contribution >= 0.6 is 0 Å². The maximum absolute atomic E-state index is 13.4. The Kier molecular flexibility index (Phi) is 5.59. The normalized spacial score (nSPS) is 23.6. The van der Waals surface area contributed by atoms with E-state index in [1.54, 1.807) is 17.0 Å². The molecule has 0 bridgehead atoms. The summed E-state index contributed by atoms with van der Waals surface area (Å²) in [4.78, 5) is 14.7. The van der Waals surface area contributed by atoms with Gasteiger partial charge >= 0.3 is 6.09 Å². The van der Waals surface area contributed by atoms with E-state index in [2.05, 4.69) is 11.4 Å². The van der Waals surface area contributed by atoms with Gasteiger partial charge in [0.25, 0.3) is 0 Å². The zero-order chi connectivity index (χ0) is 19.5. The van der Waals surface area contributed by atoms with Crippen molar-refractivity contribution in [3.63, 3.8) is 0 Å². The van der Waals surface area contributed by atoms with Gasteiger partial charge in [0, 0.05) is 19.1 Å². The standard InChI is InChI=1S/C22H25FN2O3/c23-17-7-5-16(6-8-17)21-20-4-2-1-3-15(20)9-11-25(21)22(27)28-19-13-18(14-19)24-10-12-26/h1-8,18-19,21,24,26H,9-14H2/t18-,19-,21-/m0/s1. The van der Waals surface area contributed by atoms with E-state index in [4.69, 9.17) is 9.84 Å². The highest BCUT2D eigenvalue weighted by Crippen LogP contribution is 2.36. The molecule has 5 nitrogen and oxygen atoms in total. The summed E-state index contributed by atoms with van der Waals surface area (Å²) in [5.74, 6) is -0.294. The third kappa shape index (κ3) is 3.88. The van der Waals surface area contributed by atoms with Crippen molar-refractivity contribution in [2.45, 2.75) is 37.5 Å². The minimum atomic E-state index is -0.325. The number of halogens is 1. The highest BCUT2D eigenvalue weighted by molar-refractivity contribution is 5.70. The van der Waals surface area contributed by atoms with Gasteiger partial charge in [-0.15, -0.1) is 0 Å². The first-order valence-corrected chi connectivity index (χ1v) is 9.80. The fourth-order valence-electron chi connectivity index (χ4n) is 4.08. The van der Waals surface area contributed by atoms with E-state index >= 15 is 0 Å². The Morgan fingerprint density at radius 1 is 1.18 bits per heavy atom. The first-order chi connectivity index (χ1) is 13.7. The van der Waals surface area contributed by atoms with Gasteiger partial charge in [-0.3, -0.25) is 4.90 Å². The number of ether oxygens (including phenoxy) is 1. The topological polar surface area (TPSA) is 61.8 Å². The van der Waals surface area contributed by atoms with Gasteiger partial charge in [0.2, 0.25) is 0 Å². The van der Waals surface area contributed by atoms with Crippen LogP contribution in [0.5, 0.6) is 0 Å². The Morgan fingerprint density at radius 2 is 1.93 bits per heavy atom. The molecule has 0 spiro atoms. The number of fused-ring (bicyclic) bond motifs is 1. The van der Waals surface area contributed by atoms with Gasteiger partial charge in [0.05, 0.1) is 12.6 Å². The lowest BCUT2D eigenvalue weighted by molar-refractivity contribution is 0.00446. The molecular weight excluding hydrogens is 359 g/mol. The molecule has 1 heterocycles. The summed E-state index contributed by atoms with van der Waals surface area (Å²) < 4.78 is 19.2. The van der Waals surface area contributed by atoms with Crippen LogP contribution in [-0.4, -0.2) is 47.9 Å². The molecule has 6 heteroatoms. The summed E-state index contributed by atoms with van der Waals surface area (Å²) in [5, 5.41) is 12.1. The van der Waals surface area contributed by atoms with Gasteiger partial charge in [-0.2, -0.15) is 0 Å². The van der Waals surface area contributed by atoms with Crippen molar-refractivity contribution in [2.24, 2.45) is 0 Å². The van der Waals surface area contributed by atoms with Gasteiger partial charge < -0.3 is 15.2 Å². The van der Waals surface area contributed by atoms with E-state index in [9.17, 15) is 9.18 Å². The number of carbonyl (C=O) groups is 1. The summed E-state index contributed by atoms with van der Waals surface area (Å²) in [7, 11) is 0. The molecule has 2 aromatic rings. The molecule has 0 saturated heterocycles. The molecule has 1 aliphatic heterocycles. The SMILES string of the molecule is O=C(O[C@H]1C[C@H](NCCO)C1)N1CCc2ccccc2[C@@H]1c1ccc(F)cc1. The minimum absolute atomic E-state index is 0.102. The van der Waals surface area contributed by atoms with Crippen LogP contribution in [0.25, 0.3) is 0 Å². The Hall–Kier alpha value is -2.44. The summed E-state index contributed by atoms with van der Waals surface area (Å²) in [6.45, 7) is 1.23. The first-order valence-electron chi connectivity index (χ1n) is 9.80. The number of aliphatic hydroxyl groups is 1. The van der Waals surface area contributed by atoms with Gasteiger partial charge in [-0.25, -0.2) is 9.18 Å². The number of amides is 1. The van der Waals surface area contributed by atoms with Crippen LogP contribution in [-0.2, 0) is 11.2 Å². The van der Waals surface area contributed by atoms with Gasteiger partial charge in [0.15, 0.2) is 0 Å². The lowest BCUT2D eigenvalue weighted by Gasteiger charge is -2.40. The van der Waals surface area contributed by atoms with Crippen LogP contribution in [0.1, 0.15) is 35.6 Å². The molecule has 0 unspecified atom stereocenters. The zero-order valence-electron chi connectivity index (χ0n) is 15.7. The summed E-state index contributed by atoms with van der Waals surface area (Å²) in [5.41, 5.74) is 3.15. The highest BCUT2D eigenvalue weighted by atomic mass is 19.1. The number of nitrogens with zero attached hydrogens (tertiary/aromatic N) is 1. The number of hydrogen-bond donors (Lipinski definition) is 2. The molecule has 1 aliphatic carbocycles. The maximum Gasteiger partial charge on any atom is 0.410 e. The molecule has 2 aromatic carbocycles. The number of aliphatic hydroxyl groups excluding tert-OH is 1. The Labute approximate surface area is 164 Å². The Morgan fingerprint density at radius 3 is 2.68 bits per heavy atom. The number of nitrogens with one attached hydrogen (secondary N) is 1. The van der Waals surface area contributed by atoms with E-state index in [1.165, 1.54) is 17.7 Å². The molecule has 0 radical (unpaired) electrons. The molecule has 0 aromatic heterocycles. The van der Waals surface area contributed by atoms with E-state index in [0.29, 0.717) is 19.1 Å². The van der Waals surface area contributed by atoms with Crippen LogP contribution < -0.4 is 5.32 Å². The van der Waals surface area contributed by atoms with Crippen molar-refractivity contribution in [1.29, 1.82) is 0 Å². The Balaban J connectivity index is 1.50. The predicted molar refractivity (Wildman–Crippen MR) is 103 cm³/mol. The van der Waals surface area contributed by atoms with Gasteiger partial charge in [-0.1, -0.05) is 36.4 Å². The third-order valence-corrected chi connectivity index (χ3v) is 5.61. The van der Waals surface area contributed by atoms with Crippen molar-refractivity contribution in [2.75, 3.05) is 19.7 Å². The van der Waals surface area contributed by atoms with E-state index in [-0.39, 0.29) is 30.7 Å². The average Bonchev–Trinajstić information content (AvgIpc) is 2.69. The summed E-state index contributed by atoms with van der Waals surface area (Å²) in [6, 6.07) is 14.4. The monoisotopic (exact) mass is 384 g/mol. The second kappa shape index (κ2) is 8.29. The quantitative estimate of drug-likeness (QED) is 0.832. The summed E-state index contributed by atoms with van der Waals surface area (Å²) in [6.07, 6.45) is 1.87. The molecule has 28 heavy (non-hydrogen) atoms. The van der Waals surface area contributed by atoms with Crippen molar-refractivity contribution in [3.8, 4) is 0 Å². The number of hydrogen-bond acceptors (Lipinski definition) is 4. The lowest BCUT2D eigenvalue weighted by atomic mass is 9.88. The molecule has 148 valence electrons. The molecular formula is C22H25FN2O3. The highest BCUT2D eigenvalue weighted by Gasteiger charge is 2.37. The maximum atomic E-state index is 13.4. The number of benzene rings is 2. The van der Waals surface area contributed by atoms with Crippen LogP contribution in [0.3, 0.4) is 0 Å². The molecule has 2 N–H and O–H groups in total. The third-order valence-electron chi connectivity index (χ3n) is 5.61. The van der Waals surface area contributed by atoms with Crippen LogP contribution in [0.2, 0.25) is 0 Å². The average molecular weight is 384 g/mol. The predicted octanol–water partition coefficient (Wildman–Crippen LogP) is 3.02. The van der Waals surface area contributed by atoms with Crippen molar-refractivity contribution >= 4 is 6.09 Å². The smallest absolute Gasteiger partial charge is 0.410 e. The van der Waals surface area contributed by atoms with Crippen molar-refractivity contribution < 1.29 is 19.0 Å². The Bertz CT molecular complexity index is 821. The summed E-state index contributed by atoms with van der Waals surface area (Å²) >= 11 is 0. The molecule has 2 aliphatic rings. The van der Waals surface area contributed by atoms with E-state index in [1.807, 2.05) is 18.2 Å². The van der Waals surface area contributed by atoms with Gasteiger partial charge in [0.1, 0.15) is 11.9 Å². The number of rotatable bonds is 5. The largest absolute Gasteiger partial charge is 0.446 e. The molecule has 1 fully saturated rings. The molecule has 1 atom stereocenters. The second-order valence-electron chi connectivity index (χ2n) is 7.45. The molecule has 1 saturated carbocycles. The van der Waals surface area contributed by atoms with E-state index < -0.39 is 0 Å². The minimum Gasteiger partial charge on any atom is -0.446 e. The van der Waals surface area contributed by atoms with Crippen molar-refractivity contribution in [3.05, 3.63) is 71.0 Å². The molecule has 4 rings (SSSR count).